The third kappa shape index (κ3) is 3.34. The molecule has 0 saturated heterocycles. The van der Waals surface area contributed by atoms with Crippen molar-refractivity contribution in [1.29, 1.82) is 5.26 Å². The molecule has 0 aliphatic heterocycles. The van der Waals surface area contributed by atoms with Crippen molar-refractivity contribution in [3.05, 3.63) is 33.5 Å². The highest BCUT2D eigenvalue weighted by atomic mass is 32.2. The summed E-state index contributed by atoms with van der Waals surface area (Å²) in [6, 6.07) is 4.26. The number of aryl methyl sites for hydroxylation is 2. The van der Waals surface area contributed by atoms with Crippen LogP contribution in [-0.2, 0) is 12.8 Å². The average Bonchev–Trinajstić information content (AvgIpc) is 2.90. The summed E-state index contributed by atoms with van der Waals surface area (Å²) in [6.45, 7) is 0. The topological polar surface area (TPSA) is 36.7 Å². The van der Waals surface area contributed by atoms with Gasteiger partial charge in [0.05, 0.1) is 5.69 Å². The van der Waals surface area contributed by atoms with Crippen LogP contribution in [0.5, 0.6) is 0 Å². The van der Waals surface area contributed by atoms with Crippen LogP contribution >= 0.6 is 34.4 Å². The monoisotopic (exact) mass is 266 g/mol. The largest absolute Gasteiger partial charge is 0.234 e. The first-order valence-electron chi connectivity index (χ1n) is 4.91. The summed E-state index contributed by atoms with van der Waals surface area (Å²) >= 11 is 4.50. The normalized spacial score (nSPS) is 10.2. The number of rotatable bonds is 5. The maximum absolute atomic E-state index is 8.51. The number of hydrogen-bond donors (Lipinski definition) is 0. The van der Waals surface area contributed by atoms with Crippen LogP contribution < -0.4 is 0 Å². The molecule has 2 aromatic rings. The van der Waals surface area contributed by atoms with Crippen LogP contribution in [0.1, 0.15) is 17.0 Å². The molecule has 0 saturated carbocycles. The Kier molecular flexibility index (Phi) is 4.40. The Morgan fingerprint density at radius 1 is 1.38 bits per heavy atom. The van der Waals surface area contributed by atoms with Gasteiger partial charge in [0.1, 0.15) is 5.40 Å². The Hall–Kier alpha value is -0.830. The molecule has 2 aromatic heterocycles. The minimum absolute atomic E-state index is 0.855. The lowest BCUT2D eigenvalue weighted by Crippen LogP contribution is -1.88. The lowest BCUT2D eigenvalue weighted by atomic mass is 10.2. The van der Waals surface area contributed by atoms with E-state index in [2.05, 4.69) is 22.5 Å². The van der Waals surface area contributed by atoms with E-state index >= 15 is 0 Å². The van der Waals surface area contributed by atoms with Crippen molar-refractivity contribution < 1.29 is 0 Å². The van der Waals surface area contributed by atoms with Gasteiger partial charge in [-0.25, -0.2) is 4.98 Å². The van der Waals surface area contributed by atoms with E-state index in [1.165, 1.54) is 4.88 Å². The Balaban J connectivity index is 1.79. The number of nitrogens with zero attached hydrogens (tertiary/aromatic N) is 2. The molecule has 0 atom stereocenters. The third-order valence-corrected chi connectivity index (χ3v) is 4.61. The predicted octanol–water partition coefficient (Wildman–Crippen LogP) is 3.95. The number of thiophene rings is 1. The van der Waals surface area contributed by atoms with Gasteiger partial charge in [-0.1, -0.05) is 6.07 Å². The van der Waals surface area contributed by atoms with Crippen molar-refractivity contribution >= 4 is 34.4 Å². The number of nitriles is 1. The molecule has 2 nitrogen and oxygen atoms in total. The van der Waals surface area contributed by atoms with E-state index in [9.17, 15) is 0 Å². The van der Waals surface area contributed by atoms with Crippen molar-refractivity contribution in [3.8, 4) is 5.40 Å². The Morgan fingerprint density at radius 3 is 3.06 bits per heavy atom. The quantitative estimate of drug-likeness (QED) is 0.607. The smallest absolute Gasteiger partial charge is 0.164 e. The van der Waals surface area contributed by atoms with Gasteiger partial charge in [-0.2, -0.15) is 5.26 Å². The number of thiazole rings is 1. The molecular formula is C11H10N2S3. The number of hydrogen-bond acceptors (Lipinski definition) is 5. The van der Waals surface area contributed by atoms with Crippen LogP contribution in [0.2, 0.25) is 0 Å². The fourth-order valence-corrected chi connectivity index (χ4v) is 3.41. The number of thioether (sulfide) groups is 1. The zero-order valence-electron chi connectivity index (χ0n) is 8.55. The van der Waals surface area contributed by atoms with Crippen molar-refractivity contribution in [2.24, 2.45) is 0 Å². The van der Waals surface area contributed by atoms with Crippen molar-refractivity contribution in [2.75, 3.05) is 0 Å². The van der Waals surface area contributed by atoms with Gasteiger partial charge in [-0.15, -0.1) is 22.7 Å². The number of aromatic nitrogens is 1. The Morgan fingerprint density at radius 2 is 2.31 bits per heavy atom. The first kappa shape index (κ1) is 11.6. The van der Waals surface area contributed by atoms with Crippen LogP contribution in [0.15, 0.2) is 27.2 Å². The molecular weight excluding hydrogens is 256 g/mol. The summed E-state index contributed by atoms with van der Waals surface area (Å²) in [4.78, 5) is 5.81. The highest BCUT2D eigenvalue weighted by molar-refractivity contribution is 8.05. The summed E-state index contributed by atoms with van der Waals surface area (Å²) < 4.78 is 0.855. The molecule has 2 heterocycles. The molecule has 0 amide bonds. The molecule has 5 heteroatoms. The molecule has 0 aliphatic rings. The predicted molar refractivity (Wildman–Crippen MR) is 69.9 cm³/mol. The van der Waals surface area contributed by atoms with Crippen LogP contribution in [0.3, 0.4) is 0 Å². The van der Waals surface area contributed by atoms with E-state index in [0.29, 0.717) is 0 Å². The van der Waals surface area contributed by atoms with Gasteiger partial charge >= 0.3 is 0 Å². The van der Waals surface area contributed by atoms with Gasteiger partial charge in [0, 0.05) is 22.0 Å². The SMILES string of the molecule is N#CSc1nc(CCCc2cccs2)cs1. The lowest BCUT2D eigenvalue weighted by Gasteiger charge is -1.95. The van der Waals surface area contributed by atoms with Gasteiger partial charge in [-0.3, -0.25) is 0 Å². The lowest BCUT2D eigenvalue weighted by molar-refractivity contribution is 0.807. The van der Waals surface area contributed by atoms with Crippen molar-refractivity contribution in [2.45, 2.75) is 23.6 Å². The zero-order valence-corrected chi connectivity index (χ0v) is 11.0. The van der Waals surface area contributed by atoms with Crippen molar-refractivity contribution in [3.63, 3.8) is 0 Å². The summed E-state index contributed by atoms with van der Waals surface area (Å²) in [5, 5.41) is 14.7. The molecule has 0 spiro atoms. The van der Waals surface area contributed by atoms with E-state index in [1.54, 1.807) is 22.7 Å². The standard InChI is InChI=1S/C11H10N2S3/c12-8-16-11-13-9(7-15-11)3-1-4-10-5-2-6-14-10/h2,5-7H,1,3-4H2. The molecule has 0 N–H and O–H groups in total. The van der Waals surface area contributed by atoms with E-state index in [0.717, 1.165) is 41.1 Å². The fourth-order valence-electron chi connectivity index (χ4n) is 1.39. The molecule has 0 bridgehead atoms. The molecule has 0 aromatic carbocycles. The van der Waals surface area contributed by atoms with E-state index in [1.807, 2.05) is 10.8 Å². The average molecular weight is 266 g/mol. The second-order valence-corrected chi connectivity index (χ2v) is 6.15. The second-order valence-electron chi connectivity index (χ2n) is 3.23. The zero-order chi connectivity index (χ0) is 11.2. The van der Waals surface area contributed by atoms with Crippen LogP contribution in [0.25, 0.3) is 0 Å². The van der Waals surface area contributed by atoms with E-state index < -0.39 is 0 Å². The Bertz CT molecular complexity index is 468. The Labute approximate surface area is 107 Å². The first-order chi connectivity index (χ1) is 7.88. The summed E-state index contributed by atoms with van der Waals surface area (Å²) in [5.41, 5.74) is 1.11. The molecule has 0 fully saturated rings. The molecule has 16 heavy (non-hydrogen) atoms. The fraction of sp³-hybridized carbons (Fsp3) is 0.273. The maximum Gasteiger partial charge on any atom is 0.164 e. The first-order valence-corrected chi connectivity index (χ1v) is 7.49. The highest BCUT2D eigenvalue weighted by Gasteiger charge is 2.02. The van der Waals surface area contributed by atoms with Gasteiger partial charge < -0.3 is 0 Å². The molecule has 2 rings (SSSR count). The summed E-state index contributed by atoms with van der Waals surface area (Å²) in [7, 11) is 0. The second kappa shape index (κ2) is 6.04. The van der Waals surface area contributed by atoms with Crippen LogP contribution in [-0.4, -0.2) is 4.98 Å². The van der Waals surface area contributed by atoms with Gasteiger partial charge in [0.2, 0.25) is 0 Å². The molecule has 82 valence electrons. The minimum atomic E-state index is 0.855. The molecule has 0 radical (unpaired) electrons. The van der Waals surface area contributed by atoms with E-state index in [4.69, 9.17) is 5.26 Å². The molecule has 0 aliphatic carbocycles. The number of thiocyanates is 1. The van der Waals surface area contributed by atoms with Crippen LogP contribution in [0, 0.1) is 10.7 Å². The maximum atomic E-state index is 8.51. The minimum Gasteiger partial charge on any atom is -0.234 e. The van der Waals surface area contributed by atoms with Gasteiger partial charge in [-0.05, 0) is 30.7 Å². The van der Waals surface area contributed by atoms with Gasteiger partial charge in [0.25, 0.3) is 0 Å². The van der Waals surface area contributed by atoms with Crippen LogP contribution in [0.4, 0.5) is 0 Å². The summed E-state index contributed by atoms with van der Waals surface area (Å²) in [6.07, 6.45) is 3.25. The van der Waals surface area contributed by atoms with E-state index in [-0.39, 0.29) is 0 Å². The summed E-state index contributed by atoms with van der Waals surface area (Å²) in [5.74, 6) is 0. The molecule has 0 unspecified atom stereocenters. The van der Waals surface area contributed by atoms with Crippen molar-refractivity contribution in [1.82, 2.24) is 4.98 Å². The third-order valence-electron chi connectivity index (χ3n) is 2.10. The highest BCUT2D eigenvalue weighted by Crippen LogP contribution is 2.22. The van der Waals surface area contributed by atoms with Gasteiger partial charge in [0.15, 0.2) is 4.34 Å².